The molecule has 0 saturated carbocycles. The van der Waals surface area contributed by atoms with Gasteiger partial charge in [-0.25, -0.2) is 14.4 Å². The maximum atomic E-state index is 6.11. The maximum absolute atomic E-state index is 6.11. The molecule has 0 amide bonds. The van der Waals surface area contributed by atoms with E-state index in [1.807, 2.05) is 18.2 Å². The van der Waals surface area contributed by atoms with Crippen molar-refractivity contribution < 1.29 is 0 Å². The van der Waals surface area contributed by atoms with E-state index in [4.69, 9.17) is 11.8 Å². The van der Waals surface area contributed by atoms with Crippen molar-refractivity contribution in [1.29, 1.82) is 0 Å². The minimum Gasteiger partial charge on any atom is -0.344 e. The van der Waals surface area contributed by atoms with Crippen LogP contribution in [0.4, 0.5) is 11.5 Å². The summed E-state index contributed by atoms with van der Waals surface area (Å²) in [7, 11) is 0. The van der Waals surface area contributed by atoms with Gasteiger partial charge in [0.05, 0.1) is 6.20 Å². The second-order valence-electron chi connectivity index (χ2n) is 3.92. The lowest BCUT2D eigenvalue weighted by molar-refractivity contribution is 0.848. The summed E-state index contributed by atoms with van der Waals surface area (Å²) >= 11 is 6.11. The van der Waals surface area contributed by atoms with Gasteiger partial charge in [-0.3, -0.25) is 0 Å². The summed E-state index contributed by atoms with van der Waals surface area (Å²) in [5, 5.41) is 0. The van der Waals surface area contributed by atoms with Crippen LogP contribution in [0.15, 0.2) is 42.9 Å². The molecular weight excluding hydrogens is 236 g/mol. The van der Waals surface area contributed by atoms with Gasteiger partial charge in [0, 0.05) is 18.3 Å². The average Bonchev–Trinajstić information content (AvgIpc) is 2.69. The predicted octanol–water partition coefficient (Wildman–Crippen LogP) is 2.41. The number of fused-ring (bicyclic) bond motifs is 1. The third kappa shape index (κ3) is 1.91. The van der Waals surface area contributed by atoms with Crippen LogP contribution in [0.25, 0.3) is 0 Å². The zero-order chi connectivity index (χ0) is 11.7. The van der Waals surface area contributed by atoms with Crippen LogP contribution in [0.3, 0.4) is 0 Å². The van der Waals surface area contributed by atoms with Crippen LogP contribution >= 0.6 is 11.8 Å². The van der Waals surface area contributed by atoms with Crippen molar-refractivity contribution in [2.24, 2.45) is 0 Å². The summed E-state index contributed by atoms with van der Waals surface area (Å²) in [6.07, 6.45) is 3.31. The molecule has 2 heterocycles. The molecule has 4 nitrogen and oxygen atoms in total. The maximum Gasteiger partial charge on any atom is 0.171 e. The van der Waals surface area contributed by atoms with E-state index >= 15 is 0 Å². The van der Waals surface area contributed by atoms with Gasteiger partial charge >= 0.3 is 0 Å². The molecule has 0 unspecified atom stereocenters. The van der Waals surface area contributed by atoms with E-state index in [2.05, 4.69) is 27.0 Å². The van der Waals surface area contributed by atoms with Crippen molar-refractivity contribution in [3.8, 4) is 0 Å². The molecule has 0 saturated heterocycles. The van der Waals surface area contributed by atoms with Crippen LogP contribution in [-0.4, -0.2) is 16.6 Å². The standard InChI is InChI=1S/C12H11ClN4/c13-17-9-16(7-10-4-2-1-3-5-10)11-6-14-8-15-12(11)17/h1-6,8H,7,9H2. The molecule has 1 aliphatic heterocycles. The van der Waals surface area contributed by atoms with E-state index in [1.165, 1.54) is 11.9 Å². The number of benzene rings is 1. The van der Waals surface area contributed by atoms with Crippen molar-refractivity contribution in [2.45, 2.75) is 6.54 Å². The second kappa shape index (κ2) is 4.22. The number of hydrogen-bond acceptors (Lipinski definition) is 4. The number of hydrogen-bond donors (Lipinski definition) is 0. The molecule has 3 rings (SSSR count). The number of nitrogens with zero attached hydrogens (tertiary/aromatic N) is 4. The Labute approximate surface area is 105 Å². The smallest absolute Gasteiger partial charge is 0.171 e. The molecule has 0 radical (unpaired) electrons. The Balaban J connectivity index is 1.87. The zero-order valence-electron chi connectivity index (χ0n) is 9.12. The van der Waals surface area contributed by atoms with E-state index < -0.39 is 0 Å². The Hall–Kier alpha value is -1.81. The summed E-state index contributed by atoms with van der Waals surface area (Å²) in [5.74, 6) is 0.776. The minimum atomic E-state index is 0.629. The van der Waals surface area contributed by atoms with Crippen LogP contribution in [0.1, 0.15) is 5.56 Å². The average molecular weight is 247 g/mol. The Bertz CT molecular complexity index is 517. The third-order valence-corrected chi connectivity index (χ3v) is 3.02. The Morgan fingerprint density at radius 1 is 1.24 bits per heavy atom. The quantitative estimate of drug-likeness (QED) is 0.762. The van der Waals surface area contributed by atoms with Gasteiger partial charge in [-0.15, -0.1) is 0 Å². The molecule has 1 aromatic carbocycles. The lowest BCUT2D eigenvalue weighted by Crippen LogP contribution is -2.24. The van der Waals surface area contributed by atoms with Gasteiger partial charge in [-0.2, -0.15) is 0 Å². The summed E-state index contributed by atoms with van der Waals surface area (Å²) in [5.41, 5.74) is 2.22. The fourth-order valence-electron chi connectivity index (χ4n) is 1.96. The summed E-state index contributed by atoms with van der Waals surface area (Å²) in [4.78, 5) is 10.4. The van der Waals surface area contributed by atoms with Crippen LogP contribution < -0.4 is 9.32 Å². The lowest BCUT2D eigenvalue weighted by atomic mass is 10.2. The Morgan fingerprint density at radius 2 is 2.06 bits per heavy atom. The van der Waals surface area contributed by atoms with E-state index in [1.54, 1.807) is 10.6 Å². The van der Waals surface area contributed by atoms with Gasteiger partial charge < -0.3 is 4.90 Å². The molecule has 0 atom stereocenters. The van der Waals surface area contributed by atoms with E-state index in [9.17, 15) is 0 Å². The van der Waals surface area contributed by atoms with Crippen molar-refractivity contribution in [1.82, 2.24) is 9.97 Å². The number of anilines is 2. The molecule has 1 aromatic heterocycles. The molecule has 0 bridgehead atoms. The summed E-state index contributed by atoms with van der Waals surface area (Å²) < 4.78 is 1.61. The first-order valence-electron chi connectivity index (χ1n) is 5.37. The van der Waals surface area contributed by atoms with Crippen molar-refractivity contribution >= 4 is 23.3 Å². The highest BCUT2D eigenvalue weighted by Crippen LogP contribution is 2.34. The fourth-order valence-corrected chi connectivity index (χ4v) is 2.22. The van der Waals surface area contributed by atoms with Crippen molar-refractivity contribution in [3.05, 3.63) is 48.4 Å². The molecule has 2 aromatic rings. The van der Waals surface area contributed by atoms with E-state index in [-0.39, 0.29) is 0 Å². The number of rotatable bonds is 2. The number of aromatic nitrogens is 2. The molecule has 0 fully saturated rings. The predicted molar refractivity (Wildman–Crippen MR) is 67.9 cm³/mol. The molecule has 0 N–H and O–H groups in total. The van der Waals surface area contributed by atoms with Gasteiger partial charge in [-0.05, 0) is 5.56 Å². The first-order chi connectivity index (χ1) is 8.34. The monoisotopic (exact) mass is 246 g/mol. The third-order valence-electron chi connectivity index (χ3n) is 2.75. The highest BCUT2D eigenvalue weighted by Gasteiger charge is 2.26. The van der Waals surface area contributed by atoms with Gasteiger partial charge in [0.15, 0.2) is 5.82 Å². The van der Waals surface area contributed by atoms with E-state index in [0.717, 1.165) is 18.1 Å². The molecule has 0 aliphatic carbocycles. The van der Waals surface area contributed by atoms with Crippen molar-refractivity contribution in [3.63, 3.8) is 0 Å². The highest BCUT2D eigenvalue weighted by atomic mass is 35.5. The SMILES string of the molecule is ClN1CN(Cc2ccccc2)c2cncnc21. The molecule has 5 heteroatoms. The van der Waals surface area contributed by atoms with E-state index in [0.29, 0.717) is 6.67 Å². The molecular formula is C12H11ClN4. The van der Waals surface area contributed by atoms with Crippen LogP contribution in [0.2, 0.25) is 0 Å². The Morgan fingerprint density at radius 3 is 2.88 bits per heavy atom. The van der Waals surface area contributed by atoms with Crippen molar-refractivity contribution in [2.75, 3.05) is 16.0 Å². The largest absolute Gasteiger partial charge is 0.344 e. The topological polar surface area (TPSA) is 32.3 Å². The lowest BCUT2D eigenvalue weighted by Gasteiger charge is -2.17. The minimum absolute atomic E-state index is 0.629. The van der Waals surface area contributed by atoms with Gasteiger partial charge in [0.1, 0.15) is 18.7 Å². The number of halogens is 1. The van der Waals surface area contributed by atoms with Gasteiger partial charge in [-0.1, -0.05) is 30.3 Å². The Kier molecular flexibility index (Phi) is 2.57. The zero-order valence-corrected chi connectivity index (χ0v) is 9.88. The first kappa shape index (κ1) is 10.4. The van der Waals surface area contributed by atoms with Gasteiger partial charge in [0.2, 0.25) is 0 Å². The summed E-state index contributed by atoms with van der Waals surface area (Å²) in [6.45, 7) is 1.44. The first-order valence-corrected chi connectivity index (χ1v) is 5.70. The molecule has 1 aliphatic rings. The van der Waals surface area contributed by atoms with Gasteiger partial charge in [0.25, 0.3) is 0 Å². The highest BCUT2D eigenvalue weighted by molar-refractivity contribution is 6.27. The summed E-state index contributed by atoms with van der Waals surface area (Å²) in [6, 6.07) is 10.3. The van der Waals surface area contributed by atoms with Crippen LogP contribution in [0.5, 0.6) is 0 Å². The normalized spacial score (nSPS) is 13.9. The second-order valence-corrected chi connectivity index (χ2v) is 4.33. The van der Waals surface area contributed by atoms with Crippen LogP contribution in [-0.2, 0) is 6.54 Å². The molecule has 0 spiro atoms. The molecule has 86 valence electrons. The van der Waals surface area contributed by atoms with Crippen LogP contribution in [0, 0.1) is 0 Å². The molecule has 17 heavy (non-hydrogen) atoms. The fraction of sp³-hybridized carbons (Fsp3) is 0.167.